The van der Waals surface area contributed by atoms with Crippen molar-refractivity contribution in [3.8, 4) is 34.2 Å². The van der Waals surface area contributed by atoms with E-state index in [9.17, 15) is 0 Å². The van der Waals surface area contributed by atoms with Gasteiger partial charge in [-0.25, -0.2) is 19.9 Å². The first-order chi connectivity index (χ1) is 27.4. The molecule has 0 atom stereocenters. The highest BCUT2D eigenvalue weighted by molar-refractivity contribution is 5.80. The number of aromatic nitrogens is 6. The molecule has 0 amide bonds. The van der Waals surface area contributed by atoms with E-state index in [1.54, 1.807) is 0 Å². The lowest BCUT2D eigenvalue weighted by atomic mass is 9.92. The van der Waals surface area contributed by atoms with Crippen LogP contribution in [0.5, 0.6) is 0 Å². The van der Waals surface area contributed by atoms with Crippen LogP contribution >= 0.6 is 0 Å². The second kappa shape index (κ2) is 15.3. The molecule has 0 saturated carbocycles. The van der Waals surface area contributed by atoms with Crippen molar-refractivity contribution in [1.82, 2.24) is 29.1 Å². The Morgan fingerprint density at radius 2 is 0.860 bits per heavy atom. The Kier molecular flexibility index (Phi) is 10.2. The van der Waals surface area contributed by atoms with Gasteiger partial charge in [0.05, 0.1) is 22.8 Å². The van der Waals surface area contributed by atoms with Gasteiger partial charge in [0.2, 0.25) is 0 Å². The fraction of sp³-hybridized carbons (Fsp3) is 0.347. The van der Waals surface area contributed by atoms with E-state index in [4.69, 9.17) is 18.8 Å². The minimum absolute atomic E-state index is 0.341. The lowest BCUT2D eigenvalue weighted by Crippen LogP contribution is -2.07. The van der Waals surface area contributed by atoms with Crippen LogP contribution in [-0.2, 0) is 12.8 Å². The van der Waals surface area contributed by atoms with Crippen molar-refractivity contribution < 1.29 is 8.83 Å². The smallest absolute Gasteiger partial charge is 0.192 e. The Hall–Kier alpha value is -5.76. The SMILES string of the molecule is Cc1nc2cc(-c3nc(CCCc4cn(-c5c(C(C)C)cccc5C(C)C)c(-c5ccc6oc(C)nc6c5)n4)cn3-c3c(C(C)C)cccc3C(C)C)ccc2o1. The number of imidazole rings is 2. The molecule has 0 aliphatic heterocycles. The number of rotatable bonds is 12. The number of hydrogen-bond acceptors (Lipinski definition) is 6. The summed E-state index contributed by atoms with van der Waals surface area (Å²) in [5, 5.41) is 0. The van der Waals surface area contributed by atoms with Crippen molar-refractivity contribution in [2.24, 2.45) is 0 Å². The van der Waals surface area contributed by atoms with Gasteiger partial charge >= 0.3 is 0 Å². The summed E-state index contributed by atoms with van der Waals surface area (Å²) < 4.78 is 16.4. The third-order valence-corrected chi connectivity index (χ3v) is 11.0. The van der Waals surface area contributed by atoms with Gasteiger partial charge in [0.25, 0.3) is 0 Å². The van der Waals surface area contributed by atoms with Gasteiger partial charge in [-0.2, -0.15) is 0 Å². The Bertz CT molecular complexity index is 2480. The van der Waals surface area contributed by atoms with Crippen LogP contribution in [0, 0.1) is 13.8 Å². The molecule has 0 N–H and O–H groups in total. The highest BCUT2D eigenvalue weighted by atomic mass is 16.3. The zero-order valence-electron chi connectivity index (χ0n) is 35.0. The van der Waals surface area contributed by atoms with Gasteiger partial charge in [-0.15, -0.1) is 0 Å². The third-order valence-electron chi connectivity index (χ3n) is 11.0. The molecule has 0 radical (unpaired) electrons. The molecule has 57 heavy (non-hydrogen) atoms. The van der Waals surface area contributed by atoms with Gasteiger partial charge in [-0.05, 0) is 102 Å². The molecule has 8 heteroatoms. The Morgan fingerprint density at radius 3 is 1.21 bits per heavy atom. The molecule has 292 valence electrons. The number of hydrogen-bond donors (Lipinski definition) is 0. The molecule has 8 rings (SSSR count). The van der Waals surface area contributed by atoms with E-state index in [1.165, 1.54) is 33.6 Å². The molecule has 0 fully saturated rings. The predicted octanol–water partition coefficient (Wildman–Crippen LogP) is 13.0. The van der Waals surface area contributed by atoms with Gasteiger partial charge in [0.15, 0.2) is 22.9 Å². The van der Waals surface area contributed by atoms with Gasteiger partial charge in [-0.1, -0.05) is 91.8 Å². The summed E-state index contributed by atoms with van der Waals surface area (Å²) in [5.41, 5.74) is 15.1. The second-order valence-corrected chi connectivity index (χ2v) is 16.7. The summed E-state index contributed by atoms with van der Waals surface area (Å²) in [5.74, 6) is 4.51. The summed E-state index contributed by atoms with van der Waals surface area (Å²) >= 11 is 0. The molecule has 0 aliphatic carbocycles. The first-order valence-corrected chi connectivity index (χ1v) is 20.5. The van der Waals surface area contributed by atoms with Crippen molar-refractivity contribution >= 4 is 22.2 Å². The maximum Gasteiger partial charge on any atom is 0.192 e. The lowest BCUT2D eigenvalue weighted by molar-refractivity contribution is 0.560. The van der Waals surface area contributed by atoms with E-state index in [0.717, 1.165) is 75.6 Å². The minimum Gasteiger partial charge on any atom is -0.441 e. The van der Waals surface area contributed by atoms with Crippen molar-refractivity contribution in [2.45, 2.75) is 112 Å². The Labute approximate surface area is 336 Å². The first kappa shape index (κ1) is 38.1. The van der Waals surface area contributed by atoms with E-state index in [1.807, 2.05) is 26.0 Å². The molecule has 0 saturated heterocycles. The molecule has 0 aliphatic rings. The average molecular weight is 759 g/mol. The maximum atomic E-state index is 5.84. The van der Waals surface area contributed by atoms with Gasteiger partial charge < -0.3 is 8.83 Å². The molecule has 0 spiro atoms. The van der Waals surface area contributed by atoms with Crippen molar-refractivity contribution in [3.05, 3.63) is 131 Å². The lowest BCUT2D eigenvalue weighted by Gasteiger charge is -2.21. The molecule has 0 bridgehead atoms. The van der Waals surface area contributed by atoms with E-state index in [0.29, 0.717) is 35.5 Å². The molecule has 0 unspecified atom stereocenters. The maximum absolute atomic E-state index is 5.84. The van der Waals surface area contributed by atoms with Crippen LogP contribution < -0.4 is 0 Å². The van der Waals surface area contributed by atoms with Crippen LogP contribution in [0.25, 0.3) is 56.3 Å². The third kappa shape index (κ3) is 7.34. The number of fused-ring (bicyclic) bond motifs is 2. The molecule has 8 nitrogen and oxygen atoms in total. The molecule has 4 heterocycles. The van der Waals surface area contributed by atoms with Crippen LogP contribution in [0.2, 0.25) is 0 Å². The van der Waals surface area contributed by atoms with E-state index in [-0.39, 0.29) is 0 Å². The van der Waals surface area contributed by atoms with Crippen LogP contribution in [0.4, 0.5) is 0 Å². The topological polar surface area (TPSA) is 87.7 Å². The molecule has 4 aromatic heterocycles. The van der Waals surface area contributed by atoms with E-state index >= 15 is 0 Å². The van der Waals surface area contributed by atoms with Gasteiger partial charge in [-0.3, -0.25) is 9.13 Å². The van der Waals surface area contributed by atoms with E-state index < -0.39 is 0 Å². The zero-order chi connectivity index (χ0) is 40.1. The summed E-state index contributed by atoms with van der Waals surface area (Å²) in [6.45, 7) is 21.9. The van der Waals surface area contributed by atoms with Crippen LogP contribution in [0.15, 0.2) is 94.0 Å². The molecular formula is C49H54N6O2. The van der Waals surface area contributed by atoms with Crippen LogP contribution in [0.3, 0.4) is 0 Å². The fourth-order valence-electron chi connectivity index (χ4n) is 8.24. The summed E-state index contributed by atoms with van der Waals surface area (Å²) in [7, 11) is 0. The number of benzene rings is 4. The standard InChI is InChI=1S/C49H54N6O2/c1-28(2)38-16-12-17-39(29(3)4)46(38)54-26-36(52-48(54)34-20-22-44-42(24-34)50-32(9)56-44)14-11-15-37-27-55(47-40(30(5)6)18-13-19-41(47)31(7)8)49(53-37)35-21-23-45-43(25-35)51-33(10)57-45/h12-13,16-31H,11,14-15H2,1-10H3. The number of aryl methyl sites for hydroxylation is 4. The van der Waals surface area contributed by atoms with E-state index in [2.05, 4.69) is 148 Å². The Morgan fingerprint density at radius 1 is 0.491 bits per heavy atom. The first-order valence-electron chi connectivity index (χ1n) is 20.5. The van der Waals surface area contributed by atoms with Gasteiger partial charge in [0, 0.05) is 37.4 Å². The second-order valence-electron chi connectivity index (χ2n) is 16.7. The zero-order valence-corrected chi connectivity index (χ0v) is 35.0. The highest BCUT2D eigenvalue weighted by Gasteiger charge is 2.23. The summed E-state index contributed by atoms with van der Waals surface area (Å²) in [4.78, 5) is 20.1. The molecular weight excluding hydrogens is 705 g/mol. The number of para-hydroxylation sites is 2. The fourth-order valence-corrected chi connectivity index (χ4v) is 8.24. The van der Waals surface area contributed by atoms with Crippen LogP contribution in [0.1, 0.15) is 131 Å². The van der Waals surface area contributed by atoms with Crippen molar-refractivity contribution in [1.29, 1.82) is 0 Å². The largest absolute Gasteiger partial charge is 0.441 e. The quantitative estimate of drug-likeness (QED) is 0.123. The highest BCUT2D eigenvalue weighted by Crippen LogP contribution is 2.37. The monoisotopic (exact) mass is 758 g/mol. The van der Waals surface area contributed by atoms with Crippen molar-refractivity contribution in [2.75, 3.05) is 0 Å². The normalized spacial score (nSPS) is 12.2. The Balaban J connectivity index is 1.19. The van der Waals surface area contributed by atoms with Crippen molar-refractivity contribution in [3.63, 3.8) is 0 Å². The summed E-state index contributed by atoms with van der Waals surface area (Å²) in [6.07, 6.45) is 7.01. The number of nitrogens with zero attached hydrogens (tertiary/aromatic N) is 6. The molecule has 4 aromatic carbocycles. The number of oxazole rings is 2. The summed E-state index contributed by atoms with van der Waals surface area (Å²) in [6, 6.07) is 25.9. The van der Waals surface area contributed by atoms with Gasteiger partial charge in [0.1, 0.15) is 22.7 Å². The predicted molar refractivity (Wildman–Crippen MR) is 231 cm³/mol. The minimum atomic E-state index is 0.341. The van der Waals surface area contributed by atoms with Crippen LogP contribution in [-0.4, -0.2) is 29.1 Å². The molecule has 8 aromatic rings. The average Bonchev–Trinajstić information content (AvgIpc) is 3.97.